The molecule has 24 heavy (non-hydrogen) atoms. The molecule has 0 bridgehead atoms. The fourth-order valence-electron chi connectivity index (χ4n) is 2.35. The first-order chi connectivity index (χ1) is 11.3. The Labute approximate surface area is 139 Å². The average Bonchev–Trinajstić information content (AvgIpc) is 2.88. The molecule has 2 N–H and O–H groups in total. The van der Waals surface area contributed by atoms with Crippen LogP contribution in [0.5, 0.6) is 0 Å². The minimum Gasteiger partial charge on any atom is -0.464 e. The molecule has 0 radical (unpaired) electrons. The molecule has 0 atom stereocenters. The van der Waals surface area contributed by atoms with E-state index in [1.807, 2.05) is 6.92 Å². The van der Waals surface area contributed by atoms with E-state index in [0.717, 1.165) is 10.9 Å². The van der Waals surface area contributed by atoms with E-state index in [0.29, 0.717) is 17.0 Å². The van der Waals surface area contributed by atoms with Crippen molar-refractivity contribution >= 4 is 38.3 Å². The lowest BCUT2D eigenvalue weighted by molar-refractivity contribution is -0.114. The third-order valence-corrected chi connectivity index (χ3v) is 4.90. The molecular formula is C17H16N2O4S. The van der Waals surface area contributed by atoms with Gasteiger partial charge in [0.2, 0.25) is 5.91 Å². The predicted octanol–water partition coefficient (Wildman–Crippen LogP) is 3.50. The summed E-state index contributed by atoms with van der Waals surface area (Å²) >= 11 is 0. The summed E-state index contributed by atoms with van der Waals surface area (Å²) < 4.78 is 32.8. The number of carbonyl (C=O) groups is 1. The quantitative estimate of drug-likeness (QED) is 0.758. The predicted molar refractivity (Wildman–Crippen MR) is 92.5 cm³/mol. The number of aryl methyl sites for hydroxylation is 1. The van der Waals surface area contributed by atoms with Gasteiger partial charge < -0.3 is 9.73 Å². The Balaban J connectivity index is 1.86. The van der Waals surface area contributed by atoms with Crippen molar-refractivity contribution in [1.29, 1.82) is 0 Å². The van der Waals surface area contributed by atoms with Crippen LogP contribution in [0.4, 0.5) is 11.4 Å². The third-order valence-electron chi connectivity index (χ3n) is 3.50. The maximum atomic E-state index is 12.5. The first-order valence-corrected chi connectivity index (χ1v) is 8.72. The van der Waals surface area contributed by atoms with E-state index in [1.165, 1.54) is 19.1 Å². The van der Waals surface area contributed by atoms with Gasteiger partial charge in [0, 0.05) is 23.7 Å². The van der Waals surface area contributed by atoms with Crippen molar-refractivity contribution in [1.82, 2.24) is 0 Å². The fourth-order valence-corrected chi connectivity index (χ4v) is 3.40. The second-order valence-electron chi connectivity index (χ2n) is 5.44. The summed E-state index contributed by atoms with van der Waals surface area (Å²) in [6.07, 6.45) is 1.63. The summed E-state index contributed by atoms with van der Waals surface area (Å²) in [5.74, 6) is -0.215. The van der Waals surface area contributed by atoms with E-state index in [4.69, 9.17) is 4.42 Å². The van der Waals surface area contributed by atoms with E-state index < -0.39 is 10.0 Å². The standard InChI is InChI=1S/C17H16N2O4S/c1-11-10-23-17-8-5-14(9-16(11)17)19-24(21,22)15-6-3-13(4-7-15)18-12(2)20/h3-10,19H,1-2H3,(H,18,20). The van der Waals surface area contributed by atoms with Crippen LogP contribution in [0.25, 0.3) is 11.0 Å². The van der Waals surface area contributed by atoms with Crippen molar-refractivity contribution in [2.75, 3.05) is 10.0 Å². The summed E-state index contributed by atoms with van der Waals surface area (Å²) in [5.41, 5.74) is 2.63. The van der Waals surface area contributed by atoms with Crippen LogP contribution in [0.2, 0.25) is 0 Å². The van der Waals surface area contributed by atoms with Gasteiger partial charge in [-0.15, -0.1) is 0 Å². The number of hydrogen-bond acceptors (Lipinski definition) is 4. The largest absolute Gasteiger partial charge is 0.464 e. The number of hydrogen-bond donors (Lipinski definition) is 2. The second kappa shape index (κ2) is 6.01. The maximum absolute atomic E-state index is 12.5. The lowest BCUT2D eigenvalue weighted by atomic mass is 10.2. The van der Waals surface area contributed by atoms with Crippen molar-refractivity contribution in [2.45, 2.75) is 18.7 Å². The lowest BCUT2D eigenvalue weighted by Crippen LogP contribution is -2.13. The highest BCUT2D eigenvalue weighted by molar-refractivity contribution is 7.92. The van der Waals surface area contributed by atoms with Crippen LogP contribution in [0.15, 0.2) is 58.0 Å². The summed E-state index contributed by atoms with van der Waals surface area (Å²) in [4.78, 5) is 11.1. The molecule has 0 unspecified atom stereocenters. The molecule has 3 rings (SSSR count). The number of benzene rings is 2. The van der Waals surface area contributed by atoms with Gasteiger partial charge in [-0.1, -0.05) is 0 Å². The molecule has 1 amide bonds. The Hall–Kier alpha value is -2.80. The molecule has 0 saturated heterocycles. The Morgan fingerprint density at radius 2 is 1.71 bits per heavy atom. The molecular weight excluding hydrogens is 328 g/mol. The number of fused-ring (bicyclic) bond motifs is 1. The van der Waals surface area contributed by atoms with Crippen molar-refractivity contribution < 1.29 is 17.6 Å². The van der Waals surface area contributed by atoms with Gasteiger partial charge in [-0.3, -0.25) is 9.52 Å². The van der Waals surface area contributed by atoms with Gasteiger partial charge in [0.1, 0.15) is 5.58 Å². The Morgan fingerprint density at radius 1 is 1.04 bits per heavy atom. The molecule has 1 aromatic heterocycles. The van der Waals surface area contributed by atoms with Gasteiger partial charge in [-0.2, -0.15) is 0 Å². The zero-order valence-electron chi connectivity index (χ0n) is 13.2. The molecule has 0 saturated carbocycles. The third kappa shape index (κ3) is 3.26. The Bertz CT molecular complexity index is 1000. The SMILES string of the molecule is CC(=O)Nc1ccc(S(=O)(=O)Nc2ccc3occ(C)c3c2)cc1. The normalized spacial score (nSPS) is 11.4. The van der Waals surface area contributed by atoms with Gasteiger partial charge in [-0.25, -0.2) is 8.42 Å². The molecule has 0 aliphatic rings. The summed E-state index contributed by atoms with van der Waals surface area (Å²) in [7, 11) is -3.72. The van der Waals surface area contributed by atoms with Gasteiger partial charge in [0.05, 0.1) is 11.2 Å². The number of sulfonamides is 1. The number of anilines is 2. The second-order valence-corrected chi connectivity index (χ2v) is 7.12. The van der Waals surface area contributed by atoms with Crippen molar-refractivity contribution in [3.63, 3.8) is 0 Å². The molecule has 124 valence electrons. The van der Waals surface area contributed by atoms with Crippen molar-refractivity contribution in [3.05, 3.63) is 54.3 Å². The number of furan rings is 1. The summed E-state index contributed by atoms with van der Waals surface area (Å²) in [6, 6.07) is 11.1. The first-order valence-electron chi connectivity index (χ1n) is 7.23. The minimum absolute atomic E-state index is 0.112. The van der Waals surface area contributed by atoms with E-state index in [9.17, 15) is 13.2 Å². The van der Waals surface area contributed by atoms with Crippen LogP contribution < -0.4 is 10.0 Å². The molecule has 0 aliphatic heterocycles. The first kappa shape index (κ1) is 16.1. The number of nitrogens with one attached hydrogen (secondary N) is 2. The Kier molecular flexibility index (Phi) is 4.02. The van der Waals surface area contributed by atoms with Crippen molar-refractivity contribution in [2.24, 2.45) is 0 Å². The fraction of sp³-hybridized carbons (Fsp3) is 0.118. The number of rotatable bonds is 4. The van der Waals surface area contributed by atoms with Gasteiger partial charge in [0.15, 0.2) is 0 Å². The highest BCUT2D eigenvalue weighted by Gasteiger charge is 2.15. The number of amides is 1. The summed E-state index contributed by atoms with van der Waals surface area (Å²) in [6.45, 7) is 3.28. The molecule has 3 aromatic rings. The molecule has 2 aromatic carbocycles. The molecule has 6 nitrogen and oxygen atoms in total. The molecule has 1 heterocycles. The van der Waals surface area contributed by atoms with Crippen LogP contribution >= 0.6 is 0 Å². The summed E-state index contributed by atoms with van der Waals surface area (Å²) in [5, 5.41) is 3.45. The van der Waals surface area contributed by atoms with Gasteiger partial charge in [-0.05, 0) is 55.0 Å². The highest BCUT2D eigenvalue weighted by atomic mass is 32.2. The minimum atomic E-state index is -3.72. The van der Waals surface area contributed by atoms with Crippen LogP contribution in [0.3, 0.4) is 0 Å². The maximum Gasteiger partial charge on any atom is 0.261 e. The Morgan fingerprint density at radius 3 is 2.38 bits per heavy atom. The van der Waals surface area contributed by atoms with E-state index in [2.05, 4.69) is 10.0 Å². The molecule has 7 heteroatoms. The van der Waals surface area contributed by atoms with Crippen LogP contribution in [-0.4, -0.2) is 14.3 Å². The lowest BCUT2D eigenvalue weighted by Gasteiger charge is -2.09. The molecule has 0 fully saturated rings. The van der Waals surface area contributed by atoms with Gasteiger partial charge >= 0.3 is 0 Å². The smallest absolute Gasteiger partial charge is 0.261 e. The van der Waals surface area contributed by atoms with Crippen molar-refractivity contribution in [3.8, 4) is 0 Å². The van der Waals surface area contributed by atoms with E-state index >= 15 is 0 Å². The molecule has 0 aliphatic carbocycles. The van der Waals surface area contributed by atoms with E-state index in [-0.39, 0.29) is 10.8 Å². The highest BCUT2D eigenvalue weighted by Crippen LogP contribution is 2.25. The van der Waals surface area contributed by atoms with E-state index in [1.54, 1.807) is 36.6 Å². The zero-order valence-corrected chi connectivity index (χ0v) is 14.0. The van der Waals surface area contributed by atoms with Gasteiger partial charge in [0.25, 0.3) is 10.0 Å². The zero-order chi connectivity index (χ0) is 17.3. The number of carbonyl (C=O) groups excluding carboxylic acids is 1. The molecule has 0 spiro atoms. The average molecular weight is 344 g/mol. The van der Waals surface area contributed by atoms with Crippen LogP contribution in [0, 0.1) is 6.92 Å². The monoisotopic (exact) mass is 344 g/mol. The topological polar surface area (TPSA) is 88.4 Å². The van der Waals surface area contributed by atoms with Crippen LogP contribution in [0.1, 0.15) is 12.5 Å². The van der Waals surface area contributed by atoms with Crippen LogP contribution in [-0.2, 0) is 14.8 Å².